The van der Waals surface area contributed by atoms with Gasteiger partial charge in [-0.25, -0.2) is 4.79 Å². The fourth-order valence-corrected chi connectivity index (χ4v) is 5.86. The minimum Gasteiger partial charge on any atom is -0.450 e. The predicted octanol–water partition coefficient (Wildman–Crippen LogP) is 2.81. The van der Waals surface area contributed by atoms with Crippen LogP contribution in [0.2, 0.25) is 0 Å². The first kappa shape index (κ1) is 19.3. The zero-order chi connectivity index (χ0) is 19.4. The lowest BCUT2D eigenvalue weighted by molar-refractivity contribution is -0.148. The molecule has 0 aromatic carbocycles. The molecule has 3 atom stereocenters. The van der Waals surface area contributed by atoms with Gasteiger partial charge < -0.3 is 9.64 Å². The van der Waals surface area contributed by atoms with E-state index in [4.69, 9.17) is 4.74 Å². The topological polar surface area (TPSA) is 36.0 Å². The van der Waals surface area contributed by atoms with E-state index in [0.29, 0.717) is 31.0 Å². The number of nitrogens with zero attached hydrogens (tertiary/aromatic N) is 3. The van der Waals surface area contributed by atoms with Crippen LogP contribution in [-0.4, -0.2) is 84.9 Å². The Bertz CT molecular complexity index is 567. The monoisotopic (exact) mass is 389 g/mol. The number of amides is 1. The first-order chi connectivity index (χ1) is 12.8. The average Bonchev–Trinajstić information content (AvgIpc) is 2.95. The molecular weight excluding hydrogens is 359 g/mol. The van der Waals surface area contributed by atoms with Gasteiger partial charge in [-0.3, -0.25) is 9.80 Å². The van der Waals surface area contributed by atoms with Gasteiger partial charge in [0.25, 0.3) is 0 Å². The van der Waals surface area contributed by atoms with Crippen LogP contribution in [0.15, 0.2) is 0 Å². The van der Waals surface area contributed by atoms with Crippen LogP contribution in [0.5, 0.6) is 0 Å². The summed E-state index contributed by atoms with van der Waals surface area (Å²) in [5.74, 6) is 0.812. The molecule has 4 rings (SSSR count). The van der Waals surface area contributed by atoms with Gasteiger partial charge in [-0.1, -0.05) is 6.92 Å². The quantitative estimate of drug-likeness (QED) is 0.725. The fourth-order valence-electron chi connectivity index (χ4n) is 5.86. The molecule has 0 unspecified atom stereocenters. The number of rotatable bonds is 5. The van der Waals surface area contributed by atoms with Gasteiger partial charge in [0.15, 0.2) is 0 Å². The summed E-state index contributed by atoms with van der Waals surface area (Å²) in [5.41, 5.74) is 0.245. The van der Waals surface area contributed by atoms with Gasteiger partial charge >= 0.3 is 12.3 Å². The highest BCUT2D eigenvalue weighted by Crippen LogP contribution is 2.55. The number of fused-ring (bicyclic) bond motifs is 1. The van der Waals surface area contributed by atoms with Gasteiger partial charge in [0.2, 0.25) is 0 Å². The Kier molecular flexibility index (Phi) is 4.86. The Morgan fingerprint density at radius 3 is 2.44 bits per heavy atom. The third kappa shape index (κ3) is 3.67. The number of hydrogen-bond donors (Lipinski definition) is 0. The molecule has 0 radical (unpaired) electrons. The molecule has 2 saturated carbocycles. The molecule has 27 heavy (non-hydrogen) atoms. The third-order valence-electron chi connectivity index (χ3n) is 7.21. The van der Waals surface area contributed by atoms with Crippen molar-refractivity contribution in [2.75, 3.05) is 45.9 Å². The van der Waals surface area contributed by atoms with E-state index >= 15 is 0 Å². The molecule has 0 aromatic rings. The largest absolute Gasteiger partial charge is 0.450 e. The lowest BCUT2D eigenvalue weighted by atomic mass is 9.64. The smallest absolute Gasteiger partial charge is 0.409 e. The number of carbonyl (C=O) groups excluding carboxylic acids is 1. The Hall–Kier alpha value is -1.02. The van der Waals surface area contributed by atoms with Crippen LogP contribution in [0, 0.1) is 17.3 Å². The molecule has 2 aliphatic heterocycles. The maximum Gasteiger partial charge on any atom is 0.409 e. The van der Waals surface area contributed by atoms with Crippen molar-refractivity contribution in [3.05, 3.63) is 0 Å². The molecule has 0 aromatic heterocycles. The highest BCUT2D eigenvalue weighted by Gasteiger charge is 2.61. The van der Waals surface area contributed by atoms with Crippen molar-refractivity contribution in [1.82, 2.24) is 14.7 Å². The average molecular weight is 389 g/mol. The van der Waals surface area contributed by atoms with Crippen molar-refractivity contribution in [2.45, 2.75) is 51.4 Å². The highest BCUT2D eigenvalue weighted by molar-refractivity contribution is 5.68. The van der Waals surface area contributed by atoms with Crippen LogP contribution in [0.1, 0.15) is 33.1 Å². The van der Waals surface area contributed by atoms with Crippen molar-refractivity contribution >= 4 is 6.09 Å². The van der Waals surface area contributed by atoms with Crippen LogP contribution in [-0.2, 0) is 4.74 Å². The summed E-state index contributed by atoms with van der Waals surface area (Å²) in [6, 6.07) is 0.658. The van der Waals surface area contributed by atoms with E-state index in [1.807, 2.05) is 18.7 Å². The maximum atomic E-state index is 12.7. The molecule has 1 spiro atoms. The zero-order valence-corrected chi connectivity index (χ0v) is 16.2. The number of hydrogen-bond acceptors (Lipinski definition) is 4. The van der Waals surface area contributed by atoms with E-state index in [-0.39, 0.29) is 17.6 Å². The molecule has 2 saturated heterocycles. The van der Waals surface area contributed by atoms with Gasteiger partial charge in [0.05, 0.1) is 13.2 Å². The molecule has 4 aliphatic rings. The first-order valence-electron chi connectivity index (χ1n) is 10.2. The standard InChI is InChI=1S/C19H30F3N3O2/c1-3-23(12-19(20,21)22)16-14-9-25(10-15(14)16)13-7-18(8-13)5-6-24(11-18)17(26)27-4-2/h13-16H,3-12H2,1-2H3/t13?,14-,15+,16-,18?. The molecule has 2 aliphatic carbocycles. The van der Waals surface area contributed by atoms with Gasteiger partial charge in [-0.05, 0) is 50.0 Å². The van der Waals surface area contributed by atoms with Crippen molar-refractivity contribution in [3.63, 3.8) is 0 Å². The predicted molar refractivity (Wildman–Crippen MR) is 94.3 cm³/mol. The Morgan fingerprint density at radius 1 is 1.22 bits per heavy atom. The Balaban J connectivity index is 1.23. The van der Waals surface area contributed by atoms with E-state index in [9.17, 15) is 18.0 Å². The minimum atomic E-state index is -4.11. The van der Waals surface area contributed by atoms with E-state index in [2.05, 4.69) is 4.90 Å². The van der Waals surface area contributed by atoms with E-state index < -0.39 is 12.7 Å². The number of piperidine rings is 1. The van der Waals surface area contributed by atoms with Crippen molar-refractivity contribution in [3.8, 4) is 0 Å². The van der Waals surface area contributed by atoms with E-state index in [1.165, 1.54) is 0 Å². The number of likely N-dealkylation sites (tertiary alicyclic amines) is 2. The lowest BCUT2D eigenvalue weighted by Gasteiger charge is -2.49. The summed E-state index contributed by atoms with van der Waals surface area (Å²) >= 11 is 0. The molecular formula is C19H30F3N3O2. The summed E-state index contributed by atoms with van der Waals surface area (Å²) in [6.45, 7) is 7.18. The van der Waals surface area contributed by atoms with Crippen molar-refractivity contribution < 1.29 is 22.7 Å². The summed E-state index contributed by atoms with van der Waals surface area (Å²) in [4.78, 5) is 17.8. The SMILES string of the molecule is CCOC(=O)N1CCC2(CC(N3C[C@@H]4[C@H](C3)[C@@H]4N(CC)CC(F)(F)F)C2)C1. The normalized spacial score (nSPS) is 38.4. The van der Waals surface area contributed by atoms with Gasteiger partial charge in [0, 0.05) is 38.3 Å². The summed E-state index contributed by atoms with van der Waals surface area (Å²) in [7, 11) is 0. The van der Waals surface area contributed by atoms with Crippen molar-refractivity contribution in [2.24, 2.45) is 17.3 Å². The Morgan fingerprint density at radius 2 is 1.89 bits per heavy atom. The lowest BCUT2D eigenvalue weighted by Crippen LogP contribution is -2.53. The summed E-state index contributed by atoms with van der Waals surface area (Å²) in [6.07, 6.45) is -1.06. The highest BCUT2D eigenvalue weighted by atomic mass is 19.4. The van der Waals surface area contributed by atoms with Crippen LogP contribution >= 0.6 is 0 Å². The second kappa shape index (κ2) is 6.79. The number of carbonyl (C=O) groups is 1. The van der Waals surface area contributed by atoms with Crippen LogP contribution in [0.4, 0.5) is 18.0 Å². The third-order valence-corrected chi connectivity index (χ3v) is 7.21. The fraction of sp³-hybridized carbons (Fsp3) is 0.947. The first-order valence-corrected chi connectivity index (χ1v) is 10.2. The van der Waals surface area contributed by atoms with E-state index in [0.717, 1.165) is 45.4 Å². The second-order valence-corrected chi connectivity index (χ2v) is 8.88. The minimum absolute atomic E-state index is 0.118. The molecule has 1 amide bonds. The molecule has 154 valence electrons. The molecule has 5 nitrogen and oxygen atoms in total. The van der Waals surface area contributed by atoms with Crippen LogP contribution in [0.3, 0.4) is 0 Å². The van der Waals surface area contributed by atoms with Crippen LogP contribution < -0.4 is 0 Å². The molecule has 0 bridgehead atoms. The Labute approximate surface area is 158 Å². The van der Waals surface area contributed by atoms with Gasteiger partial charge in [-0.15, -0.1) is 0 Å². The molecule has 2 heterocycles. The summed E-state index contributed by atoms with van der Waals surface area (Å²) in [5, 5.41) is 0. The van der Waals surface area contributed by atoms with E-state index in [1.54, 1.807) is 4.90 Å². The maximum absolute atomic E-state index is 12.7. The second-order valence-electron chi connectivity index (χ2n) is 8.88. The van der Waals surface area contributed by atoms with Crippen molar-refractivity contribution in [1.29, 1.82) is 0 Å². The summed E-state index contributed by atoms with van der Waals surface area (Å²) < 4.78 is 43.3. The van der Waals surface area contributed by atoms with Gasteiger partial charge in [-0.2, -0.15) is 13.2 Å². The number of halogens is 3. The van der Waals surface area contributed by atoms with Crippen LogP contribution in [0.25, 0.3) is 0 Å². The molecule has 0 N–H and O–H groups in total. The molecule has 4 fully saturated rings. The number of ether oxygens (including phenoxy) is 1. The number of alkyl halides is 3. The zero-order valence-electron chi connectivity index (χ0n) is 16.2. The molecule has 8 heteroatoms. The van der Waals surface area contributed by atoms with Gasteiger partial charge in [0.1, 0.15) is 0 Å².